The van der Waals surface area contributed by atoms with E-state index in [0.29, 0.717) is 25.2 Å². The molecular weight excluding hydrogens is 266 g/mol. The van der Waals surface area contributed by atoms with E-state index < -0.39 is 11.4 Å². The predicted molar refractivity (Wildman–Crippen MR) is 81.9 cm³/mol. The molecule has 0 radical (unpaired) electrons. The minimum Gasteiger partial charge on any atom is -0.481 e. The average Bonchev–Trinajstić information content (AvgIpc) is 2.48. The fourth-order valence-corrected chi connectivity index (χ4v) is 3.38. The molecule has 0 aromatic heterocycles. The van der Waals surface area contributed by atoms with Gasteiger partial charge in [-0.05, 0) is 57.3 Å². The Morgan fingerprint density at radius 2 is 2.05 bits per heavy atom. The molecule has 118 valence electrons. The molecule has 0 aromatic rings. The van der Waals surface area contributed by atoms with Crippen LogP contribution in [-0.2, 0) is 9.59 Å². The summed E-state index contributed by atoms with van der Waals surface area (Å²) in [6.07, 6.45) is 10.3. The Morgan fingerprint density at radius 3 is 2.62 bits per heavy atom. The van der Waals surface area contributed by atoms with Gasteiger partial charge in [-0.2, -0.15) is 0 Å². The maximum atomic E-state index is 12.0. The largest absolute Gasteiger partial charge is 0.481 e. The van der Waals surface area contributed by atoms with Crippen molar-refractivity contribution in [3.8, 4) is 0 Å². The summed E-state index contributed by atoms with van der Waals surface area (Å²) in [5.74, 6) is -0.186. The second-order valence-electron chi connectivity index (χ2n) is 6.83. The van der Waals surface area contributed by atoms with E-state index in [1.807, 2.05) is 0 Å². The molecule has 0 aliphatic heterocycles. The first-order chi connectivity index (χ1) is 10.0. The van der Waals surface area contributed by atoms with Crippen molar-refractivity contribution in [2.75, 3.05) is 6.54 Å². The van der Waals surface area contributed by atoms with E-state index in [9.17, 15) is 14.7 Å². The van der Waals surface area contributed by atoms with Gasteiger partial charge in [0.1, 0.15) is 0 Å². The summed E-state index contributed by atoms with van der Waals surface area (Å²) >= 11 is 0. The zero-order valence-corrected chi connectivity index (χ0v) is 13.0. The number of rotatable bonds is 5. The zero-order valence-electron chi connectivity index (χ0n) is 13.0. The standard InChI is InChI=1S/C17H27NO3/c1-13-7-9-17(10-8-13,16(20)21)12-18-15(19)11-14-5-3-2-4-6-14/h5,13H,2-4,6-12H2,1H3,(H,18,19)(H,20,21). The van der Waals surface area contributed by atoms with Crippen LogP contribution in [0.15, 0.2) is 11.6 Å². The van der Waals surface area contributed by atoms with Crippen molar-refractivity contribution in [2.45, 2.75) is 64.7 Å². The third-order valence-corrected chi connectivity index (χ3v) is 5.08. The number of allylic oxidation sites excluding steroid dienone is 1. The van der Waals surface area contributed by atoms with Crippen LogP contribution in [0.3, 0.4) is 0 Å². The molecule has 21 heavy (non-hydrogen) atoms. The highest BCUT2D eigenvalue weighted by atomic mass is 16.4. The first kappa shape index (κ1) is 16.1. The van der Waals surface area contributed by atoms with Crippen LogP contribution in [-0.4, -0.2) is 23.5 Å². The van der Waals surface area contributed by atoms with E-state index in [2.05, 4.69) is 18.3 Å². The van der Waals surface area contributed by atoms with Gasteiger partial charge in [-0.25, -0.2) is 0 Å². The van der Waals surface area contributed by atoms with Crippen LogP contribution in [0, 0.1) is 11.3 Å². The molecule has 0 spiro atoms. The zero-order chi connectivity index (χ0) is 15.3. The van der Waals surface area contributed by atoms with Crippen LogP contribution in [0.5, 0.6) is 0 Å². The van der Waals surface area contributed by atoms with Gasteiger partial charge in [0.2, 0.25) is 5.91 Å². The van der Waals surface area contributed by atoms with E-state index in [0.717, 1.165) is 32.1 Å². The third kappa shape index (κ3) is 4.32. The van der Waals surface area contributed by atoms with Crippen LogP contribution in [0.1, 0.15) is 64.7 Å². The molecule has 0 saturated heterocycles. The highest BCUT2D eigenvalue weighted by Gasteiger charge is 2.41. The minimum atomic E-state index is -0.758. The fraction of sp³-hybridized carbons (Fsp3) is 0.765. The number of nitrogens with one attached hydrogen (secondary N) is 1. The molecule has 1 amide bonds. The Labute approximate surface area is 127 Å². The van der Waals surface area contributed by atoms with Crippen molar-refractivity contribution in [1.29, 1.82) is 0 Å². The van der Waals surface area contributed by atoms with Crippen molar-refractivity contribution >= 4 is 11.9 Å². The summed E-state index contributed by atoms with van der Waals surface area (Å²) in [6, 6.07) is 0. The van der Waals surface area contributed by atoms with Crippen molar-refractivity contribution < 1.29 is 14.7 Å². The second-order valence-corrected chi connectivity index (χ2v) is 6.83. The average molecular weight is 293 g/mol. The molecule has 4 heteroatoms. The van der Waals surface area contributed by atoms with Crippen LogP contribution in [0.2, 0.25) is 0 Å². The van der Waals surface area contributed by atoms with Crippen molar-refractivity contribution in [3.63, 3.8) is 0 Å². The molecule has 1 fully saturated rings. The molecule has 0 heterocycles. The van der Waals surface area contributed by atoms with E-state index in [-0.39, 0.29) is 12.5 Å². The highest BCUT2D eigenvalue weighted by molar-refractivity contribution is 5.80. The summed E-state index contributed by atoms with van der Waals surface area (Å²) in [5.41, 5.74) is 0.462. The summed E-state index contributed by atoms with van der Waals surface area (Å²) in [6.45, 7) is 2.45. The second kappa shape index (κ2) is 7.10. The van der Waals surface area contributed by atoms with Crippen LogP contribution >= 0.6 is 0 Å². The topological polar surface area (TPSA) is 66.4 Å². The molecule has 2 aliphatic rings. The number of aliphatic carboxylic acids is 1. The highest BCUT2D eigenvalue weighted by Crippen LogP contribution is 2.38. The lowest BCUT2D eigenvalue weighted by molar-refractivity contribution is -0.151. The quantitative estimate of drug-likeness (QED) is 0.764. The third-order valence-electron chi connectivity index (χ3n) is 5.08. The molecule has 0 bridgehead atoms. The van der Waals surface area contributed by atoms with Gasteiger partial charge in [-0.15, -0.1) is 0 Å². The maximum absolute atomic E-state index is 12.0. The molecule has 2 rings (SSSR count). The molecule has 2 aliphatic carbocycles. The van der Waals surface area contributed by atoms with Gasteiger partial charge in [0, 0.05) is 13.0 Å². The lowest BCUT2D eigenvalue weighted by Crippen LogP contribution is -2.45. The first-order valence-corrected chi connectivity index (χ1v) is 8.20. The Kier molecular flexibility index (Phi) is 5.43. The summed E-state index contributed by atoms with van der Waals surface area (Å²) in [5, 5.41) is 12.4. The van der Waals surface area contributed by atoms with Gasteiger partial charge in [0.25, 0.3) is 0 Å². The number of hydrogen-bond acceptors (Lipinski definition) is 2. The molecule has 2 N–H and O–H groups in total. The van der Waals surface area contributed by atoms with Gasteiger partial charge < -0.3 is 10.4 Å². The Morgan fingerprint density at radius 1 is 1.33 bits per heavy atom. The fourth-order valence-electron chi connectivity index (χ4n) is 3.38. The normalized spacial score (nSPS) is 29.6. The maximum Gasteiger partial charge on any atom is 0.311 e. The summed E-state index contributed by atoms with van der Waals surface area (Å²) in [7, 11) is 0. The minimum absolute atomic E-state index is 0.0256. The van der Waals surface area contributed by atoms with E-state index in [1.165, 1.54) is 12.0 Å². The van der Waals surface area contributed by atoms with Crippen molar-refractivity contribution in [2.24, 2.45) is 11.3 Å². The van der Waals surface area contributed by atoms with Crippen LogP contribution in [0.25, 0.3) is 0 Å². The number of carboxylic acids is 1. The molecule has 0 unspecified atom stereocenters. The van der Waals surface area contributed by atoms with Gasteiger partial charge in [-0.1, -0.05) is 18.6 Å². The van der Waals surface area contributed by atoms with E-state index in [1.54, 1.807) is 0 Å². The first-order valence-electron chi connectivity index (χ1n) is 8.20. The van der Waals surface area contributed by atoms with Crippen LogP contribution in [0.4, 0.5) is 0 Å². The number of amides is 1. The molecule has 0 atom stereocenters. The van der Waals surface area contributed by atoms with Crippen LogP contribution < -0.4 is 5.32 Å². The SMILES string of the molecule is CC1CCC(CNC(=O)CC2=CCCCC2)(C(=O)O)CC1. The molecule has 0 aromatic carbocycles. The predicted octanol–water partition coefficient (Wildman–Crippen LogP) is 3.27. The Hall–Kier alpha value is -1.32. The molecule has 4 nitrogen and oxygen atoms in total. The van der Waals surface area contributed by atoms with Gasteiger partial charge in [-0.3, -0.25) is 9.59 Å². The number of carboxylic acid groups (broad SMARTS) is 1. The molecular formula is C17H27NO3. The number of carbonyl (C=O) groups is 2. The number of carbonyl (C=O) groups excluding carboxylic acids is 1. The lowest BCUT2D eigenvalue weighted by Gasteiger charge is -2.35. The summed E-state index contributed by atoms with van der Waals surface area (Å²) in [4.78, 5) is 23.7. The van der Waals surface area contributed by atoms with Gasteiger partial charge in [0.05, 0.1) is 5.41 Å². The van der Waals surface area contributed by atoms with E-state index in [4.69, 9.17) is 0 Å². The van der Waals surface area contributed by atoms with E-state index >= 15 is 0 Å². The summed E-state index contributed by atoms with van der Waals surface area (Å²) < 4.78 is 0. The monoisotopic (exact) mass is 293 g/mol. The molecule has 1 saturated carbocycles. The number of hydrogen-bond donors (Lipinski definition) is 2. The lowest BCUT2D eigenvalue weighted by atomic mass is 9.71. The Bertz CT molecular complexity index is 420. The van der Waals surface area contributed by atoms with Crippen molar-refractivity contribution in [3.05, 3.63) is 11.6 Å². The van der Waals surface area contributed by atoms with Gasteiger partial charge in [0.15, 0.2) is 0 Å². The van der Waals surface area contributed by atoms with Gasteiger partial charge >= 0.3 is 5.97 Å². The van der Waals surface area contributed by atoms with Crippen molar-refractivity contribution in [1.82, 2.24) is 5.32 Å². The smallest absolute Gasteiger partial charge is 0.311 e. The Balaban J connectivity index is 1.85.